The molecule has 0 bridgehead atoms. The number of carbonyl (C=O) groups excluding carboxylic acids is 1. The van der Waals surface area contributed by atoms with E-state index in [1.165, 1.54) is 26.0 Å². The average molecular weight is 327 g/mol. The number of benzene rings is 1. The first-order chi connectivity index (χ1) is 11.1. The highest BCUT2D eigenvalue weighted by Gasteiger charge is 2.28. The van der Waals surface area contributed by atoms with Gasteiger partial charge in [-0.3, -0.25) is 4.79 Å². The number of hydrogen-bond donors (Lipinski definition) is 0. The quantitative estimate of drug-likeness (QED) is 0.629. The van der Waals surface area contributed by atoms with E-state index in [4.69, 9.17) is 9.47 Å². The third kappa shape index (κ3) is 2.92. The number of rotatable bonds is 4. The highest BCUT2D eigenvalue weighted by Crippen LogP contribution is 2.35. The molecule has 0 saturated heterocycles. The first-order valence-corrected chi connectivity index (χ1v) is 7.76. The lowest BCUT2D eigenvalue weighted by Crippen LogP contribution is -2.15. The summed E-state index contributed by atoms with van der Waals surface area (Å²) in [5.74, 6) is -1.31. The fourth-order valence-corrected chi connectivity index (χ4v) is 2.83. The maximum atomic E-state index is 12.0. The smallest absolute Gasteiger partial charge is 0.327 e. The number of hydrogen-bond acceptors (Lipinski definition) is 7. The van der Waals surface area contributed by atoms with Gasteiger partial charge in [-0.2, -0.15) is 10.5 Å². The topological polar surface area (TPSA) is 96.0 Å². The molecular formula is C16H13N3O3S. The van der Waals surface area contributed by atoms with Crippen molar-refractivity contribution in [3.8, 4) is 17.9 Å². The van der Waals surface area contributed by atoms with Crippen LogP contribution in [0.1, 0.15) is 17.0 Å². The minimum absolute atomic E-state index is 0.215. The standard InChI is InChI=1S/C16H13N3O3S/c1-21-9-4-5-10-13(6-9)19-15(23-3)11(7-17)14(10)12(8-18)16(20)22-2/h4-6,12H,1-3H3. The van der Waals surface area contributed by atoms with E-state index < -0.39 is 11.9 Å². The van der Waals surface area contributed by atoms with Crippen molar-refractivity contribution in [3.05, 3.63) is 29.3 Å². The number of thioether (sulfide) groups is 1. The van der Waals surface area contributed by atoms with Gasteiger partial charge in [0.15, 0.2) is 5.92 Å². The van der Waals surface area contributed by atoms with E-state index in [0.29, 0.717) is 27.2 Å². The Labute approximate surface area is 137 Å². The van der Waals surface area contributed by atoms with E-state index in [0.717, 1.165) is 0 Å². The number of esters is 1. The molecule has 0 fully saturated rings. The highest BCUT2D eigenvalue weighted by molar-refractivity contribution is 7.98. The number of carbonyl (C=O) groups is 1. The predicted molar refractivity (Wildman–Crippen MR) is 85.2 cm³/mol. The van der Waals surface area contributed by atoms with Crippen LogP contribution in [0.2, 0.25) is 0 Å². The fraction of sp³-hybridized carbons (Fsp3) is 0.250. The van der Waals surface area contributed by atoms with E-state index in [2.05, 4.69) is 11.1 Å². The monoisotopic (exact) mass is 327 g/mol. The molecule has 1 aromatic carbocycles. The lowest BCUT2D eigenvalue weighted by atomic mass is 9.92. The normalized spacial score (nSPS) is 11.3. The summed E-state index contributed by atoms with van der Waals surface area (Å²) in [6.07, 6.45) is 1.78. The molecule has 2 aromatic rings. The Balaban J connectivity index is 2.91. The highest BCUT2D eigenvalue weighted by atomic mass is 32.2. The molecule has 2 rings (SSSR count). The molecule has 1 aromatic heterocycles. The van der Waals surface area contributed by atoms with Crippen LogP contribution in [0.5, 0.6) is 5.75 Å². The van der Waals surface area contributed by atoms with Crippen LogP contribution in [0.3, 0.4) is 0 Å². The largest absolute Gasteiger partial charge is 0.497 e. The minimum atomic E-state index is -1.19. The van der Waals surface area contributed by atoms with Crippen molar-refractivity contribution >= 4 is 28.6 Å². The van der Waals surface area contributed by atoms with Crippen molar-refractivity contribution in [1.29, 1.82) is 10.5 Å². The van der Waals surface area contributed by atoms with Gasteiger partial charge in [-0.1, -0.05) is 0 Å². The second-order valence-corrected chi connectivity index (χ2v) is 5.28. The first-order valence-electron chi connectivity index (χ1n) is 6.54. The summed E-state index contributed by atoms with van der Waals surface area (Å²) in [6, 6.07) is 9.06. The molecular weight excluding hydrogens is 314 g/mol. The maximum absolute atomic E-state index is 12.0. The second-order valence-electron chi connectivity index (χ2n) is 4.49. The van der Waals surface area contributed by atoms with Gasteiger partial charge < -0.3 is 9.47 Å². The van der Waals surface area contributed by atoms with Gasteiger partial charge in [0.25, 0.3) is 0 Å². The molecule has 1 unspecified atom stereocenters. The molecule has 0 saturated carbocycles. The number of nitriles is 2. The van der Waals surface area contributed by atoms with Crippen LogP contribution in [-0.2, 0) is 9.53 Å². The summed E-state index contributed by atoms with van der Waals surface area (Å²) >= 11 is 1.27. The lowest BCUT2D eigenvalue weighted by molar-refractivity contribution is -0.140. The number of fused-ring (bicyclic) bond motifs is 1. The maximum Gasteiger partial charge on any atom is 0.327 e. The van der Waals surface area contributed by atoms with Gasteiger partial charge >= 0.3 is 5.97 Å². The third-order valence-electron chi connectivity index (χ3n) is 3.36. The van der Waals surface area contributed by atoms with Gasteiger partial charge in [0.1, 0.15) is 16.8 Å². The van der Waals surface area contributed by atoms with Gasteiger partial charge in [-0.15, -0.1) is 11.8 Å². The average Bonchev–Trinajstić information content (AvgIpc) is 2.60. The van der Waals surface area contributed by atoms with Crippen LogP contribution in [0.15, 0.2) is 23.2 Å². The van der Waals surface area contributed by atoms with Crippen LogP contribution in [0.25, 0.3) is 10.9 Å². The Hall–Kier alpha value is -2.77. The summed E-state index contributed by atoms with van der Waals surface area (Å²) in [5.41, 5.74) is 1.08. The van der Waals surface area contributed by atoms with Crippen LogP contribution >= 0.6 is 11.8 Å². The van der Waals surface area contributed by atoms with Crippen molar-refractivity contribution in [2.24, 2.45) is 0 Å². The first kappa shape index (κ1) is 16.6. The second kappa shape index (κ2) is 6.99. The van der Waals surface area contributed by atoms with Crippen LogP contribution < -0.4 is 4.74 Å². The van der Waals surface area contributed by atoms with Crippen molar-refractivity contribution in [1.82, 2.24) is 4.98 Å². The van der Waals surface area contributed by atoms with Crippen LogP contribution in [0.4, 0.5) is 0 Å². The molecule has 116 valence electrons. The van der Waals surface area contributed by atoms with Gasteiger partial charge in [0, 0.05) is 17.0 Å². The molecule has 0 aliphatic rings. The SMILES string of the molecule is COC(=O)C(C#N)c1c(C#N)c(SC)nc2cc(OC)ccc12. The van der Waals surface area contributed by atoms with E-state index >= 15 is 0 Å². The molecule has 6 nitrogen and oxygen atoms in total. The number of aromatic nitrogens is 1. The zero-order valence-electron chi connectivity index (χ0n) is 12.8. The predicted octanol–water partition coefficient (Wildman–Crippen LogP) is 2.62. The Kier molecular flexibility index (Phi) is 5.05. The molecule has 7 heteroatoms. The zero-order valence-corrected chi connectivity index (χ0v) is 13.6. The van der Waals surface area contributed by atoms with Crippen molar-refractivity contribution in [2.45, 2.75) is 10.9 Å². The molecule has 1 heterocycles. The zero-order chi connectivity index (χ0) is 17.0. The molecule has 0 amide bonds. The Morgan fingerprint density at radius 2 is 2.09 bits per heavy atom. The van der Waals surface area contributed by atoms with Crippen molar-refractivity contribution < 1.29 is 14.3 Å². The third-order valence-corrected chi connectivity index (χ3v) is 4.04. The van der Waals surface area contributed by atoms with Crippen molar-refractivity contribution in [2.75, 3.05) is 20.5 Å². The molecule has 0 aliphatic heterocycles. The summed E-state index contributed by atoms with van der Waals surface area (Å²) < 4.78 is 9.88. The summed E-state index contributed by atoms with van der Waals surface area (Å²) in [5, 5.41) is 19.9. The molecule has 1 atom stereocenters. The van der Waals surface area contributed by atoms with Gasteiger partial charge in [0.05, 0.1) is 31.4 Å². The number of ether oxygens (including phenoxy) is 2. The van der Waals surface area contributed by atoms with Crippen molar-refractivity contribution in [3.63, 3.8) is 0 Å². The van der Waals surface area contributed by atoms with Gasteiger partial charge in [-0.05, 0) is 18.4 Å². The molecule has 0 radical (unpaired) electrons. The molecule has 0 spiro atoms. The lowest BCUT2D eigenvalue weighted by Gasteiger charge is -2.15. The van der Waals surface area contributed by atoms with E-state index in [1.807, 2.05) is 6.07 Å². The number of pyridine rings is 1. The van der Waals surface area contributed by atoms with E-state index in [1.54, 1.807) is 24.5 Å². The van der Waals surface area contributed by atoms with E-state index in [-0.39, 0.29) is 5.56 Å². The molecule has 23 heavy (non-hydrogen) atoms. The summed E-state index contributed by atoms with van der Waals surface area (Å²) in [6.45, 7) is 0. The van der Waals surface area contributed by atoms with Gasteiger partial charge in [-0.25, -0.2) is 4.98 Å². The Morgan fingerprint density at radius 3 is 2.61 bits per heavy atom. The van der Waals surface area contributed by atoms with Crippen LogP contribution in [0, 0.1) is 22.7 Å². The number of methoxy groups -OCH3 is 2. The molecule has 0 aliphatic carbocycles. The fourth-order valence-electron chi connectivity index (χ4n) is 2.28. The Bertz CT molecular complexity index is 852. The van der Waals surface area contributed by atoms with Gasteiger partial charge in [0.2, 0.25) is 0 Å². The van der Waals surface area contributed by atoms with E-state index in [9.17, 15) is 15.3 Å². The number of nitrogens with zero attached hydrogens (tertiary/aromatic N) is 3. The summed E-state index contributed by atoms with van der Waals surface area (Å²) in [7, 11) is 2.74. The Morgan fingerprint density at radius 1 is 1.35 bits per heavy atom. The molecule has 0 N–H and O–H groups in total. The van der Waals surface area contributed by atoms with Crippen LogP contribution in [-0.4, -0.2) is 31.4 Å². The summed E-state index contributed by atoms with van der Waals surface area (Å²) in [4.78, 5) is 16.4. The minimum Gasteiger partial charge on any atom is -0.497 e.